The van der Waals surface area contributed by atoms with Crippen LogP contribution in [0.2, 0.25) is 0 Å². The lowest BCUT2D eigenvalue weighted by atomic mass is 10.1. The summed E-state index contributed by atoms with van der Waals surface area (Å²) in [5.74, 6) is -1.05. The van der Waals surface area contributed by atoms with E-state index in [4.69, 9.17) is 0 Å². The molecule has 1 heterocycles. The Labute approximate surface area is 116 Å². The van der Waals surface area contributed by atoms with E-state index in [0.29, 0.717) is 12.1 Å². The van der Waals surface area contributed by atoms with E-state index < -0.39 is 5.75 Å². The van der Waals surface area contributed by atoms with Crippen molar-refractivity contribution >= 4 is 11.3 Å². The number of phenols is 3. The fourth-order valence-electron chi connectivity index (χ4n) is 1.84. The Morgan fingerprint density at radius 2 is 1.95 bits per heavy atom. The third-order valence-corrected chi connectivity index (χ3v) is 3.84. The number of benzene rings is 1. The van der Waals surface area contributed by atoms with Crippen LogP contribution in [0.1, 0.15) is 17.4 Å². The minimum atomic E-state index is -0.467. The Hall–Kier alpha value is -1.72. The van der Waals surface area contributed by atoms with Crippen molar-refractivity contribution in [2.75, 3.05) is 0 Å². The van der Waals surface area contributed by atoms with Gasteiger partial charge in [0.05, 0.1) is 0 Å². The highest BCUT2D eigenvalue weighted by atomic mass is 32.1. The van der Waals surface area contributed by atoms with E-state index in [1.807, 2.05) is 11.4 Å². The lowest BCUT2D eigenvalue weighted by Gasteiger charge is -2.14. The normalized spacial score (nSPS) is 12.5. The van der Waals surface area contributed by atoms with Crippen molar-refractivity contribution in [3.63, 3.8) is 0 Å². The topological polar surface area (TPSA) is 72.7 Å². The fraction of sp³-hybridized carbons (Fsp3) is 0.286. The maximum absolute atomic E-state index is 9.70. The molecule has 0 saturated heterocycles. The minimum absolute atomic E-state index is 0.258. The summed E-state index contributed by atoms with van der Waals surface area (Å²) in [7, 11) is 0. The molecule has 1 unspecified atom stereocenters. The van der Waals surface area contributed by atoms with Crippen molar-refractivity contribution < 1.29 is 15.3 Å². The molecule has 0 spiro atoms. The maximum atomic E-state index is 9.70. The zero-order chi connectivity index (χ0) is 13.8. The van der Waals surface area contributed by atoms with Crippen LogP contribution in [0.4, 0.5) is 0 Å². The first-order chi connectivity index (χ1) is 9.08. The Morgan fingerprint density at radius 1 is 1.16 bits per heavy atom. The van der Waals surface area contributed by atoms with Crippen molar-refractivity contribution in [2.24, 2.45) is 0 Å². The van der Waals surface area contributed by atoms with Gasteiger partial charge in [0.15, 0.2) is 11.5 Å². The zero-order valence-corrected chi connectivity index (χ0v) is 11.4. The molecule has 2 aromatic rings. The highest BCUT2D eigenvalue weighted by Crippen LogP contribution is 2.36. The molecule has 2 rings (SSSR count). The summed E-state index contributed by atoms with van der Waals surface area (Å²) in [5.41, 5.74) is 0.563. The Balaban J connectivity index is 1.93. The van der Waals surface area contributed by atoms with Crippen molar-refractivity contribution in [1.29, 1.82) is 0 Å². The predicted octanol–water partition coefficient (Wildman–Crippen LogP) is 2.59. The molecule has 0 aliphatic rings. The van der Waals surface area contributed by atoms with Gasteiger partial charge in [-0.05, 0) is 30.9 Å². The van der Waals surface area contributed by atoms with Gasteiger partial charge in [0, 0.05) is 23.0 Å². The monoisotopic (exact) mass is 279 g/mol. The van der Waals surface area contributed by atoms with E-state index in [-0.39, 0.29) is 17.5 Å². The predicted molar refractivity (Wildman–Crippen MR) is 75.8 cm³/mol. The van der Waals surface area contributed by atoms with E-state index in [2.05, 4.69) is 18.3 Å². The Kier molecular flexibility index (Phi) is 4.29. The number of hydrogen-bond acceptors (Lipinski definition) is 5. The van der Waals surface area contributed by atoms with Gasteiger partial charge in [-0.2, -0.15) is 0 Å². The quantitative estimate of drug-likeness (QED) is 0.635. The average Bonchev–Trinajstić information content (AvgIpc) is 2.88. The molecular formula is C14H17NO3S. The third-order valence-electron chi connectivity index (χ3n) is 2.94. The number of rotatable bonds is 5. The first-order valence-electron chi connectivity index (χ1n) is 6.06. The Bertz CT molecular complexity index is 540. The van der Waals surface area contributed by atoms with E-state index >= 15 is 0 Å². The molecule has 0 fully saturated rings. The smallest absolute Gasteiger partial charge is 0.200 e. The molecule has 102 valence electrons. The molecule has 5 heteroatoms. The molecule has 0 radical (unpaired) electrons. The summed E-state index contributed by atoms with van der Waals surface area (Å²) in [5, 5.41) is 33.7. The molecule has 0 aliphatic heterocycles. The van der Waals surface area contributed by atoms with Crippen LogP contribution in [0.5, 0.6) is 17.2 Å². The molecule has 0 aliphatic carbocycles. The van der Waals surface area contributed by atoms with Crippen LogP contribution in [-0.4, -0.2) is 21.4 Å². The van der Waals surface area contributed by atoms with Crippen LogP contribution in [-0.2, 0) is 13.0 Å². The average molecular weight is 279 g/mol. The van der Waals surface area contributed by atoms with Gasteiger partial charge in [-0.15, -0.1) is 11.3 Å². The summed E-state index contributed by atoms with van der Waals surface area (Å²) in [6.07, 6.45) is 0.919. The number of aromatic hydroxyl groups is 3. The van der Waals surface area contributed by atoms with Gasteiger partial charge >= 0.3 is 0 Å². The summed E-state index contributed by atoms with van der Waals surface area (Å²) in [4.78, 5) is 1.30. The Morgan fingerprint density at radius 3 is 2.63 bits per heavy atom. The molecule has 1 aromatic heterocycles. The van der Waals surface area contributed by atoms with Gasteiger partial charge in [-0.3, -0.25) is 0 Å². The summed E-state index contributed by atoms with van der Waals surface area (Å²) >= 11 is 1.72. The molecule has 4 N–H and O–H groups in total. The number of phenolic OH excluding ortho intramolecular Hbond substituents is 3. The summed E-state index contributed by atoms with van der Waals surface area (Å²) in [6, 6.07) is 7.34. The first kappa shape index (κ1) is 13.7. The summed E-state index contributed by atoms with van der Waals surface area (Å²) in [6.45, 7) is 2.50. The molecule has 1 aromatic carbocycles. The van der Waals surface area contributed by atoms with Crippen LogP contribution >= 0.6 is 11.3 Å². The second-order valence-corrected chi connectivity index (χ2v) is 5.54. The second-order valence-electron chi connectivity index (χ2n) is 4.51. The molecule has 19 heavy (non-hydrogen) atoms. The van der Waals surface area contributed by atoms with Gasteiger partial charge < -0.3 is 20.6 Å². The largest absolute Gasteiger partial charge is 0.504 e. The van der Waals surface area contributed by atoms with Crippen LogP contribution in [0.15, 0.2) is 29.6 Å². The van der Waals surface area contributed by atoms with E-state index in [9.17, 15) is 15.3 Å². The van der Waals surface area contributed by atoms with Crippen LogP contribution in [0.25, 0.3) is 0 Å². The molecule has 4 nitrogen and oxygen atoms in total. The van der Waals surface area contributed by atoms with Crippen molar-refractivity contribution in [3.05, 3.63) is 40.1 Å². The zero-order valence-electron chi connectivity index (χ0n) is 10.6. The van der Waals surface area contributed by atoms with Crippen LogP contribution < -0.4 is 5.32 Å². The van der Waals surface area contributed by atoms with Gasteiger partial charge in [0.2, 0.25) is 5.75 Å². The molecule has 0 amide bonds. The van der Waals surface area contributed by atoms with E-state index in [1.54, 1.807) is 17.4 Å². The van der Waals surface area contributed by atoms with Crippen molar-refractivity contribution in [2.45, 2.75) is 25.9 Å². The number of thiophene rings is 1. The standard InChI is InChI=1S/C14H17NO3S/c1-9(7-11-3-2-6-19-11)15-8-10-4-5-12(16)14(18)13(10)17/h2-6,9,15-18H,7-8H2,1H3. The van der Waals surface area contributed by atoms with E-state index in [1.165, 1.54) is 10.9 Å². The van der Waals surface area contributed by atoms with Crippen molar-refractivity contribution in [3.8, 4) is 17.2 Å². The second kappa shape index (κ2) is 5.95. The van der Waals surface area contributed by atoms with Gasteiger partial charge in [0.25, 0.3) is 0 Å². The number of nitrogens with one attached hydrogen (secondary N) is 1. The minimum Gasteiger partial charge on any atom is -0.504 e. The van der Waals surface area contributed by atoms with Gasteiger partial charge in [0.1, 0.15) is 0 Å². The molecule has 0 saturated carbocycles. The maximum Gasteiger partial charge on any atom is 0.200 e. The van der Waals surface area contributed by atoms with Gasteiger partial charge in [-0.1, -0.05) is 12.1 Å². The van der Waals surface area contributed by atoms with E-state index in [0.717, 1.165) is 6.42 Å². The van der Waals surface area contributed by atoms with Crippen LogP contribution in [0.3, 0.4) is 0 Å². The first-order valence-corrected chi connectivity index (χ1v) is 6.94. The van der Waals surface area contributed by atoms with Gasteiger partial charge in [-0.25, -0.2) is 0 Å². The third kappa shape index (κ3) is 3.39. The van der Waals surface area contributed by atoms with Crippen LogP contribution in [0, 0.1) is 0 Å². The SMILES string of the molecule is CC(Cc1cccs1)NCc1ccc(O)c(O)c1O. The molecule has 1 atom stereocenters. The lowest BCUT2D eigenvalue weighted by Crippen LogP contribution is -2.27. The number of hydrogen-bond donors (Lipinski definition) is 4. The molecular weight excluding hydrogens is 262 g/mol. The highest BCUT2D eigenvalue weighted by molar-refractivity contribution is 7.09. The lowest BCUT2D eigenvalue weighted by molar-refractivity contribution is 0.363. The highest BCUT2D eigenvalue weighted by Gasteiger charge is 2.12. The summed E-state index contributed by atoms with van der Waals surface area (Å²) < 4.78 is 0. The van der Waals surface area contributed by atoms with Crippen molar-refractivity contribution in [1.82, 2.24) is 5.32 Å². The molecule has 0 bridgehead atoms. The fourth-order valence-corrected chi connectivity index (χ4v) is 2.68.